The highest BCUT2D eigenvalue weighted by Gasteiger charge is 2.19. The smallest absolute Gasteiger partial charge is 0.0990 e. The lowest BCUT2D eigenvalue weighted by molar-refractivity contribution is 0.120. The van der Waals surface area contributed by atoms with E-state index >= 15 is 0 Å². The second-order valence-corrected chi connectivity index (χ2v) is 3.62. The summed E-state index contributed by atoms with van der Waals surface area (Å²) in [5.41, 5.74) is 0. The second-order valence-electron chi connectivity index (χ2n) is 3.62. The van der Waals surface area contributed by atoms with E-state index in [1.165, 1.54) is 0 Å². The quantitative estimate of drug-likeness (QED) is 0.611. The predicted octanol–water partition coefficient (Wildman–Crippen LogP) is 0.0362. The fourth-order valence-electron chi connectivity index (χ4n) is 1.70. The van der Waals surface area contributed by atoms with Gasteiger partial charge >= 0.3 is 0 Å². The van der Waals surface area contributed by atoms with Gasteiger partial charge in [-0.25, -0.2) is 0 Å². The van der Waals surface area contributed by atoms with Crippen molar-refractivity contribution in [3.8, 4) is 0 Å². The first kappa shape index (κ1) is 8.78. The highest BCUT2D eigenvalue weighted by molar-refractivity contribution is 5.08. The van der Waals surface area contributed by atoms with E-state index in [2.05, 4.69) is 40.5 Å². The Kier molecular flexibility index (Phi) is 2.66. The van der Waals surface area contributed by atoms with E-state index in [4.69, 9.17) is 0 Å². The second kappa shape index (κ2) is 3.94. The largest absolute Gasteiger partial charge is 0.365 e. The van der Waals surface area contributed by atoms with Gasteiger partial charge < -0.3 is 10.2 Å². The standard InChI is InChI=1S/C10H16N3/c1-12-6-8-13(9-7-12)10-4-2-3-5-11-10/h2-4,10-11H,6-9H2,1H3. The monoisotopic (exact) mass is 178 g/mol. The number of piperazine rings is 1. The molecule has 1 saturated heterocycles. The molecule has 2 heterocycles. The van der Waals surface area contributed by atoms with Gasteiger partial charge in [-0.3, -0.25) is 4.90 Å². The number of nitrogens with one attached hydrogen (secondary N) is 1. The van der Waals surface area contributed by atoms with Crippen molar-refractivity contribution in [2.24, 2.45) is 0 Å². The number of rotatable bonds is 1. The van der Waals surface area contributed by atoms with Crippen molar-refractivity contribution in [3.63, 3.8) is 0 Å². The first-order chi connectivity index (χ1) is 6.36. The van der Waals surface area contributed by atoms with Gasteiger partial charge in [0.25, 0.3) is 0 Å². The van der Waals surface area contributed by atoms with Gasteiger partial charge in [0.05, 0.1) is 12.4 Å². The lowest BCUT2D eigenvalue weighted by atomic mass is 10.2. The number of dihydropyridines is 1. The molecule has 1 N–H and O–H groups in total. The molecular formula is C10H16N3. The summed E-state index contributed by atoms with van der Waals surface area (Å²) in [6.45, 7) is 4.60. The van der Waals surface area contributed by atoms with E-state index in [1.807, 2.05) is 6.08 Å². The molecular weight excluding hydrogens is 162 g/mol. The van der Waals surface area contributed by atoms with Crippen LogP contribution >= 0.6 is 0 Å². The Morgan fingerprint density at radius 2 is 2.08 bits per heavy atom. The highest BCUT2D eigenvalue weighted by Crippen LogP contribution is 2.06. The van der Waals surface area contributed by atoms with Gasteiger partial charge in [-0.2, -0.15) is 0 Å². The third-order valence-electron chi connectivity index (χ3n) is 2.64. The van der Waals surface area contributed by atoms with Crippen LogP contribution in [0.3, 0.4) is 0 Å². The van der Waals surface area contributed by atoms with Gasteiger partial charge in [-0.05, 0) is 19.2 Å². The summed E-state index contributed by atoms with van der Waals surface area (Å²) in [4.78, 5) is 4.80. The molecule has 0 aromatic carbocycles. The minimum absolute atomic E-state index is 0.360. The van der Waals surface area contributed by atoms with Crippen LogP contribution in [-0.2, 0) is 0 Å². The lowest BCUT2D eigenvalue weighted by Crippen LogP contribution is -2.52. The van der Waals surface area contributed by atoms with Gasteiger partial charge in [0.1, 0.15) is 0 Å². The van der Waals surface area contributed by atoms with Gasteiger partial charge in [0.15, 0.2) is 0 Å². The Labute approximate surface area is 79.7 Å². The topological polar surface area (TPSA) is 18.5 Å². The number of nitrogens with zero attached hydrogens (tertiary/aromatic N) is 2. The first-order valence-electron chi connectivity index (χ1n) is 4.80. The third-order valence-corrected chi connectivity index (χ3v) is 2.64. The molecule has 0 aromatic rings. The minimum atomic E-state index is 0.360. The Bertz CT molecular complexity index is 214. The maximum absolute atomic E-state index is 3.22. The van der Waals surface area contributed by atoms with Crippen LogP contribution in [0, 0.1) is 6.20 Å². The zero-order valence-electron chi connectivity index (χ0n) is 8.03. The van der Waals surface area contributed by atoms with Crippen LogP contribution in [0.1, 0.15) is 0 Å². The predicted molar refractivity (Wildman–Crippen MR) is 52.9 cm³/mol. The molecule has 0 amide bonds. The molecule has 1 radical (unpaired) electrons. The van der Waals surface area contributed by atoms with Crippen molar-refractivity contribution >= 4 is 0 Å². The Morgan fingerprint density at radius 1 is 1.31 bits per heavy atom. The zero-order chi connectivity index (χ0) is 9.10. The normalized spacial score (nSPS) is 30.4. The van der Waals surface area contributed by atoms with Crippen LogP contribution in [0.15, 0.2) is 18.2 Å². The van der Waals surface area contributed by atoms with Crippen molar-refractivity contribution in [3.05, 3.63) is 24.4 Å². The molecule has 71 valence electrons. The maximum Gasteiger partial charge on any atom is 0.0990 e. The van der Waals surface area contributed by atoms with Crippen LogP contribution in [0.25, 0.3) is 0 Å². The molecule has 1 unspecified atom stereocenters. The first-order valence-corrected chi connectivity index (χ1v) is 4.80. The van der Waals surface area contributed by atoms with Crippen LogP contribution in [0.2, 0.25) is 0 Å². The summed E-state index contributed by atoms with van der Waals surface area (Å²) in [6.07, 6.45) is 9.53. The van der Waals surface area contributed by atoms with Crippen molar-refractivity contribution in [1.29, 1.82) is 0 Å². The lowest BCUT2D eigenvalue weighted by Gasteiger charge is -2.37. The third kappa shape index (κ3) is 2.11. The van der Waals surface area contributed by atoms with Gasteiger partial charge in [-0.1, -0.05) is 6.08 Å². The molecule has 0 aliphatic carbocycles. The average molecular weight is 178 g/mol. The molecule has 2 rings (SSSR count). The number of hydrogen-bond donors (Lipinski definition) is 1. The Morgan fingerprint density at radius 3 is 2.69 bits per heavy atom. The molecule has 0 bridgehead atoms. The molecule has 2 aliphatic heterocycles. The van der Waals surface area contributed by atoms with E-state index < -0.39 is 0 Å². The summed E-state index contributed by atoms with van der Waals surface area (Å²) >= 11 is 0. The van der Waals surface area contributed by atoms with Crippen LogP contribution in [0.4, 0.5) is 0 Å². The molecule has 3 heteroatoms. The average Bonchev–Trinajstić information content (AvgIpc) is 2.20. The van der Waals surface area contributed by atoms with Gasteiger partial charge in [0.2, 0.25) is 0 Å². The molecule has 13 heavy (non-hydrogen) atoms. The fourth-order valence-corrected chi connectivity index (χ4v) is 1.70. The number of hydrogen-bond acceptors (Lipinski definition) is 3. The van der Waals surface area contributed by atoms with Crippen LogP contribution in [0.5, 0.6) is 0 Å². The molecule has 2 aliphatic rings. The maximum atomic E-state index is 3.22. The van der Waals surface area contributed by atoms with E-state index in [9.17, 15) is 0 Å². The SMILES string of the molecule is CN1CCN(C2C=CC=[C]N2)CC1. The number of likely N-dealkylation sites (N-methyl/N-ethyl adjacent to an activating group) is 1. The van der Waals surface area contributed by atoms with E-state index in [1.54, 1.807) is 0 Å². The number of allylic oxidation sites excluding steroid dienone is 2. The van der Waals surface area contributed by atoms with E-state index in [0.717, 1.165) is 26.2 Å². The van der Waals surface area contributed by atoms with Gasteiger partial charge in [-0.15, -0.1) is 0 Å². The molecule has 0 spiro atoms. The molecule has 3 nitrogen and oxygen atoms in total. The van der Waals surface area contributed by atoms with Gasteiger partial charge in [0, 0.05) is 26.2 Å². The summed E-state index contributed by atoms with van der Waals surface area (Å²) < 4.78 is 0. The summed E-state index contributed by atoms with van der Waals surface area (Å²) in [5.74, 6) is 0. The minimum Gasteiger partial charge on any atom is -0.365 e. The molecule has 0 saturated carbocycles. The summed E-state index contributed by atoms with van der Waals surface area (Å²) in [5, 5.41) is 3.22. The van der Waals surface area contributed by atoms with E-state index in [0.29, 0.717) is 6.17 Å². The van der Waals surface area contributed by atoms with Crippen molar-refractivity contribution in [2.45, 2.75) is 6.17 Å². The Balaban J connectivity index is 1.87. The molecule has 1 fully saturated rings. The summed E-state index contributed by atoms with van der Waals surface area (Å²) in [7, 11) is 2.17. The molecule has 0 aromatic heterocycles. The zero-order valence-corrected chi connectivity index (χ0v) is 8.03. The van der Waals surface area contributed by atoms with Crippen LogP contribution < -0.4 is 5.32 Å². The van der Waals surface area contributed by atoms with E-state index in [-0.39, 0.29) is 0 Å². The fraction of sp³-hybridized carbons (Fsp3) is 0.600. The van der Waals surface area contributed by atoms with Crippen LogP contribution in [-0.4, -0.2) is 49.2 Å². The highest BCUT2D eigenvalue weighted by atomic mass is 15.3. The van der Waals surface area contributed by atoms with Crippen molar-refractivity contribution in [1.82, 2.24) is 15.1 Å². The Hall–Kier alpha value is -0.800. The molecule has 1 atom stereocenters. The summed E-state index contributed by atoms with van der Waals surface area (Å²) in [6, 6.07) is 0. The van der Waals surface area contributed by atoms with Crippen molar-refractivity contribution in [2.75, 3.05) is 33.2 Å². The van der Waals surface area contributed by atoms with Crippen molar-refractivity contribution < 1.29 is 0 Å².